The highest BCUT2D eigenvalue weighted by molar-refractivity contribution is 7.22. The predicted octanol–water partition coefficient (Wildman–Crippen LogP) is 5.34. The second kappa shape index (κ2) is 11.0. The van der Waals surface area contributed by atoms with Crippen LogP contribution in [0.2, 0.25) is 0 Å². The number of methoxy groups -OCH3 is 1. The number of amides is 1. The van der Waals surface area contributed by atoms with Gasteiger partial charge in [-0.25, -0.2) is 4.98 Å². The molecule has 0 spiro atoms. The monoisotopic (exact) mass is 487 g/mol. The number of anilines is 1. The molecule has 5 rings (SSSR count). The Morgan fingerprint density at radius 1 is 1.03 bits per heavy atom. The van der Waals surface area contributed by atoms with E-state index < -0.39 is 0 Å². The Balaban J connectivity index is 1.39. The number of hydrogen-bond acceptors (Lipinski definition) is 6. The molecule has 4 aromatic rings. The van der Waals surface area contributed by atoms with Crippen molar-refractivity contribution in [2.24, 2.45) is 0 Å². The first-order valence-electron chi connectivity index (χ1n) is 11.9. The largest absolute Gasteiger partial charge is 0.497 e. The number of nitrogens with zero attached hydrogens (tertiary/aromatic N) is 3. The van der Waals surface area contributed by atoms with Crippen molar-refractivity contribution in [1.29, 1.82) is 0 Å². The van der Waals surface area contributed by atoms with Crippen molar-refractivity contribution >= 4 is 32.6 Å². The fourth-order valence-electron chi connectivity index (χ4n) is 4.29. The number of morpholine rings is 1. The number of carbonyl (C=O) groups is 1. The summed E-state index contributed by atoms with van der Waals surface area (Å²) in [5.74, 6) is 0.756. The maximum atomic E-state index is 13.7. The van der Waals surface area contributed by atoms with E-state index in [1.54, 1.807) is 7.11 Å². The van der Waals surface area contributed by atoms with Crippen LogP contribution in [-0.2, 0) is 4.74 Å². The standard InChI is InChI=1S/C28H29N3O3S/c1-33-24-12-13-25-26(20-24)35-28(29-25)31(15-5-14-30-16-18-34-19-17-30)27(32)23-10-8-22(9-11-23)21-6-3-2-4-7-21/h2-4,6-13,20H,5,14-19H2,1H3. The predicted molar refractivity (Wildman–Crippen MR) is 142 cm³/mol. The minimum atomic E-state index is -0.0300. The number of fused-ring (bicyclic) bond motifs is 1. The zero-order valence-corrected chi connectivity index (χ0v) is 20.7. The Morgan fingerprint density at radius 2 is 1.77 bits per heavy atom. The van der Waals surface area contributed by atoms with Crippen molar-refractivity contribution in [1.82, 2.24) is 9.88 Å². The molecule has 2 heterocycles. The summed E-state index contributed by atoms with van der Waals surface area (Å²) in [6, 6.07) is 23.9. The lowest BCUT2D eigenvalue weighted by atomic mass is 10.0. The normalized spacial score (nSPS) is 14.2. The molecular weight excluding hydrogens is 458 g/mol. The Bertz CT molecular complexity index is 1270. The molecule has 6 nitrogen and oxygen atoms in total. The molecule has 0 radical (unpaired) electrons. The molecule has 1 aromatic heterocycles. The van der Waals surface area contributed by atoms with E-state index in [1.807, 2.05) is 65.6 Å². The van der Waals surface area contributed by atoms with Crippen LogP contribution in [-0.4, -0.2) is 62.3 Å². The van der Waals surface area contributed by atoms with Crippen LogP contribution in [0.1, 0.15) is 16.8 Å². The summed E-state index contributed by atoms with van der Waals surface area (Å²) in [5, 5.41) is 0.715. The Labute approximate surface area is 209 Å². The van der Waals surface area contributed by atoms with Gasteiger partial charge in [-0.2, -0.15) is 0 Å². The molecule has 1 fully saturated rings. The van der Waals surface area contributed by atoms with Gasteiger partial charge in [-0.1, -0.05) is 53.8 Å². The van der Waals surface area contributed by atoms with Gasteiger partial charge in [0, 0.05) is 31.7 Å². The SMILES string of the molecule is COc1ccc2nc(N(CCCN3CCOCC3)C(=O)c3ccc(-c4ccccc4)cc3)sc2c1. The molecule has 180 valence electrons. The van der Waals surface area contributed by atoms with E-state index in [1.165, 1.54) is 11.3 Å². The van der Waals surface area contributed by atoms with Crippen LogP contribution in [0, 0.1) is 0 Å². The van der Waals surface area contributed by atoms with Gasteiger partial charge in [0.1, 0.15) is 5.75 Å². The summed E-state index contributed by atoms with van der Waals surface area (Å²) in [5.41, 5.74) is 3.76. The van der Waals surface area contributed by atoms with Gasteiger partial charge in [0.05, 0.1) is 30.5 Å². The van der Waals surface area contributed by atoms with E-state index in [9.17, 15) is 4.79 Å². The average molecular weight is 488 g/mol. The number of benzene rings is 3. The summed E-state index contributed by atoms with van der Waals surface area (Å²) in [6.07, 6.45) is 0.868. The molecular formula is C28H29N3O3S. The number of hydrogen-bond donors (Lipinski definition) is 0. The molecule has 35 heavy (non-hydrogen) atoms. The summed E-state index contributed by atoms with van der Waals surface area (Å²) in [4.78, 5) is 22.7. The molecule has 0 saturated carbocycles. The first kappa shape index (κ1) is 23.5. The average Bonchev–Trinajstić information content (AvgIpc) is 3.35. The molecule has 0 atom stereocenters. The highest BCUT2D eigenvalue weighted by Gasteiger charge is 2.22. The minimum Gasteiger partial charge on any atom is -0.497 e. The van der Waals surface area contributed by atoms with Crippen molar-refractivity contribution in [2.75, 3.05) is 51.4 Å². The van der Waals surface area contributed by atoms with Gasteiger partial charge in [-0.15, -0.1) is 0 Å². The molecule has 7 heteroatoms. The Hall–Kier alpha value is -3.26. The molecule has 3 aromatic carbocycles. The lowest BCUT2D eigenvalue weighted by Gasteiger charge is -2.27. The Morgan fingerprint density at radius 3 is 2.51 bits per heavy atom. The third kappa shape index (κ3) is 5.53. The first-order valence-corrected chi connectivity index (χ1v) is 12.7. The third-order valence-electron chi connectivity index (χ3n) is 6.26. The maximum absolute atomic E-state index is 13.7. The highest BCUT2D eigenvalue weighted by Crippen LogP contribution is 2.32. The van der Waals surface area contributed by atoms with Gasteiger partial charge in [-0.05, 0) is 47.9 Å². The van der Waals surface area contributed by atoms with Gasteiger partial charge < -0.3 is 9.47 Å². The van der Waals surface area contributed by atoms with Gasteiger partial charge in [-0.3, -0.25) is 14.6 Å². The van der Waals surface area contributed by atoms with Crippen LogP contribution in [0.15, 0.2) is 72.8 Å². The summed E-state index contributed by atoms with van der Waals surface area (Å²) < 4.78 is 11.8. The van der Waals surface area contributed by atoms with Gasteiger partial charge in [0.15, 0.2) is 5.13 Å². The van der Waals surface area contributed by atoms with Gasteiger partial charge >= 0.3 is 0 Å². The van der Waals surface area contributed by atoms with Crippen molar-refractivity contribution in [3.63, 3.8) is 0 Å². The zero-order valence-electron chi connectivity index (χ0n) is 19.9. The number of aromatic nitrogens is 1. The fraction of sp³-hybridized carbons (Fsp3) is 0.286. The van der Waals surface area contributed by atoms with Crippen LogP contribution < -0.4 is 9.64 Å². The van der Waals surface area contributed by atoms with Crippen LogP contribution in [0.5, 0.6) is 5.75 Å². The summed E-state index contributed by atoms with van der Waals surface area (Å²) in [7, 11) is 1.66. The van der Waals surface area contributed by atoms with E-state index in [0.29, 0.717) is 17.2 Å². The highest BCUT2D eigenvalue weighted by atomic mass is 32.1. The first-order chi connectivity index (χ1) is 17.2. The molecule has 1 saturated heterocycles. The van der Waals surface area contributed by atoms with Gasteiger partial charge in [0.2, 0.25) is 0 Å². The quantitative estimate of drug-likeness (QED) is 0.336. The Kier molecular flexibility index (Phi) is 7.37. The van der Waals surface area contributed by atoms with E-state index in [2.05, 4.69) is 17.0 Å². The van der Waals surface area contributed by atoms with Crippen molar-refractivity contribution in [3.05, 3.63) is 78.4 Å². The number of thiazole rings is 1. The smallest absolute Gasteiger partial charge is 0.260 e. The van der Waals surface area contributed by atoms with Crippen LogP contribution >= 0.6 is 11.3 Å². The molecule has 1 amide bonds. The van der Waals surface area contributed by atoms with Crippen molar-refractivity contribution in [2.45, 2.75) is 6.42 Å². The molecule has 0 unspecified atom stereocenters. The maximum Gasteiger partial charge on any atom is 0.260 e. The van der Waals surface area contributed by atoms with Crippen molar-refractivity contribution < 1.29 is 14.3 Å². The number of carbonyl (C=O) groups excluding carboxylic acids is 1. The van der Waals surface area contributed by atoms with E-state index in [-0.39, 0.29) is 5.91 Å². The molecule has 0 N–H and O–H groups in total. The van der Waals surface area contributed by atoms with E-state index >= 15 is 0 Å². The molecule has 0 aliphatic carbocycles. The van der Waals surface area contributed by atoms with Crippen LogP contribution in [0.4, 0.5) is 5.13 Å². The molecule has 1 aliphatic rings. The van der Waals surface area contributed by atoms with E-state index in [0.717, 1.165) is 66.4 Å². The van der Waals surface area contributed by atoms with Crippen LogP contribution in [0.3, 0.4) is 0 Å². The van der Waals surface area contributed by atoms with Gasteiger partial charge in [0.25, 0.3) is 5.91 Å². The zero-order chi connectivity index (χ0) is 24.0. The van der Waals surface area contributed by atoms with Crippen molar-refractivity contribution in [3.8, 4) is 16.9 Å². The number of ether oxygens (including phenoxy) is 2. The summed E-state index contributed by atoms with van der Waals surface area (Å²) in [6.45, 7) is 4.96. The topological polar surface area (TPSA) is 54.9 Å². The lowest BCUT2D eigenvalue weighted by molar-refractivity contribution is 0.0376. The van der Waals surface area contributed by atoms with Crippen LogP contribution in [0.25, 0.3) is 21.3 Å². The number of rotatable bonds is 8. The fourth-order valence-corrected chi connectivity index (χ4v) is 5.31. The third-order valence-corrected chi connectivity index (χ3v) is 7.30. The second-order valence-corrected chi connectivity index (χ2v) is 9.55. The second-order valence-electron chi connectivity index (χ2n) is 8.54. The summed E-state index contributed by atoms with van der Waals surface area (Å²) >= 11 is 1.52. The minimum absolute atomic E-state index is 0.0300. The van der Waals surface area contributed by atoms with E-state index in [4.69, 9.17) is 14.5 Å². The molecule has 1 aliphatic heterocycles. The molecule has 0 bridgehead atoms. The lowest BCUT2D eigenvalue weighted by Crippen LogP contribution is -2.39.